The molecular formula is C22H25N3O2. The number of rotatable bonds is 5. The van der Waals surface area contributed by atoms with Gasteiger partial charge >= 0.3 is 0 Å². The van der Waals surface area contributed by atoms with E-state index in [2.05, 4.69) is 52.4 Å². The Morgan fingerprint density at radius 3 is 2.59 bits per heavy atom. The predicted octanol–water partition coefficient (Wildman–Crippen LogP) is 3.94. The van der Waals surface area contributed by atoms with Crippen molar-refractivity contribution in [1.29, 1.82) is 0 Å². The molecule has 0 saturated carbocycles. The molecule has 1 heterocycles. The number of nitrogens with one attached hydrogen (secondary N) is 1. The Balaban J connectivity index is 1.50. The molecule has 0 unspecified atom stereocenters. The van der Waals surface area contributed by atoms with Crippen LogP contribution in [0.15, 0.2) is 48.5 Å². The summed E-state index contributed by atoms with van der Waals surface area (Å²) >= 11 is 0. The summed E-state index contributed by atoms with van der Waals surface area (Å²) in [5, 5.41) is 13.8. The number of hydrogen-bond donors (Lipinski definition) is 1. The molecule has 5 nitrogen and oxygen atoms in total. The topological polar surface area (TPSA) is 58.4 Å². The van der Waals surface area contributed by atoms with Crippen molar-refractivity contribution in [3.8, 4) is 11.8 Å². The average Bonchev–Trinajstić information content (AvgIpc) is 2.70. The van der Waals surface area contributed by atoms with E-state index in [1.165, 1.54) is 24.5 Å². The van der Waals surface area contributed by atoms with E-state index in [1.54, 1.807) is 19.2 Å². The Labute approximate surface area is 160 Å². The molecular weight excluding hydrogens is 338 g/mol. The first kappa shape index (κ1) is 18.9. The van der Waals surface area contributed by atoms with E-state index in [4.69, 9.17) is 0 Å². The molecule has 0 bridgehead atoms. The third-order valence-electron chi connectivity index (χ3n) is 5.07. The van der Waals surface area contributed by atoms with Crippen molar-refractivity contribution in [3.05, 3.63) is 69.8 Å². The van der Waals surface area contributed by atoms with Crippen molar-refractivity contribution in [2.24, 2.45) is 5.92 Å². The molecule has 5 heteroatoms. The molecule has 0 spiro atoms. The van der Waals surface area contributed by atoms with Crippen LogP contribution in [0.1, 0.15) is 24.0 Å². The number of nitrogens with zero attached hydrogens (tertiary/aromatic N) is 2. The Kier molecular flexibility index (Phi) is 6.45. The van der Waals surface area contributed by atoms with Gasteiger partial charge in [-0.15, -0.1) is 0 Å². The first-order chi connectivity index (χ1) is 13.2. The van der Waals surface area contributed by atoms with Crippen LogP contribution < -0.4 is 5.32 Å². The molecule has 1 N–H and O–H groups in total. The van der Waals surface area contributed by atoms with Crippen LogP contribution in [0, 0.1) is 27.9 Å². The van der Waals surface area contributed by atoms with Crippen molar-refractivity contribution in [2.75, 3.05) is 32.0 Å². The van der Waals surface area contributed by atoms with Crippen molar-refractivity contribution in [3.63, 3.8) is 0 Å². The number of likely N-dealkylation sites (tertiary alicyclic amines) is 1. The van der Waals surface area contributed by atoms with Crippen LogP contribution in [0.25, 0.3) is 0 Å². The summed E-state index contributed by atoms with van der Waals surface area (Å²) in [5.74, 6) is 7.10. The van der Waals surface area contributed by atoms with Crippen LogP contribution in [-0.2, 0) is 6.42 Å². The van der Waals surface area contributed by atoms with Gasteiger partial charge in [-0.1, -0.05) is 42.2 Å². The van der Waals surface area contributed by atoms with E-state index < -0.39 is 0 Å². The van der Waals surface area contributed by atoms with E-state index >= 15 is 0 Å². The summed E-state index contributed by atoms with van der Waals surface area (Å²) in [5.41, 5.74) is 2.79. The van der Waals surface area contributed by atoms with Crippen LogP contribution in [0.3, 0.4) is 0 Å². The fourth-order valence-electron chi connectivity index (χ4n) is 3.52. The lowest BCUT2D eigenvalue weighted by Gasteiger charge is -2.30. The Hall–Kier alpha value is -2.84. The maximum Gasteiger partial charge on any atom is 0.292 e. The molecule has 3 rings (SSSR count). The SMILES string of the molecule is CNc1cc(C#CCN2CCC(Cc3ccccc3)CC2)ccc1[N+](=O)[O-]. The molecule has 1 fully saturated rings. The Morgan fingerprint density at radius 1 is 1.19 bits per heavy atom. The standard InChI is InChI=1S/C22H25N3O2/c1-23-21-17-19(9-10-22(21)25(26)27)8-5-13-24-14-11-20(12-15-24)16-18-6-3-2-4-7-18/h2-4,6-7,9-10,17,20,23H,11-16H2,1H3. The van der Waals surface area contributed by atoms with Gasteiger partial charge in [0.05, 0.1) is 11.5 Å². The quantitative estimate of drug-likeness (QED) is 0.497. The second kappa shape index (κ2) is 9.20. The molecule has 0 amide bonds. The van der Waals surface area contributed by atoms with Crippen molar-refractivity contribution >= 4 is 11.4 Å². The van der Waals surface area contributed by atoms with Crippen LogP contribution in [0.2, 0.25) is 0 Å². The van der Waals surface area contributed by atoms with E-state index in [1.807, 2.05) is 0 Å². The summed E-state index contributed by atoms with van der Waals surface area (Å²) in [6.45, 7) is 2.90. The van der Waals surface area contributed by atoms with Gasteiger partial charge in [0, 0.05) is 18.7 Å². The van der Waals surface area contributed by atoms with Crippen LogP contribution in [-0.4, -0.2) is 36.5 Å². The molecule has 1 aliphatic heterocycles. The summed E-state index contributed by atoms with van der Waals surface area (Å²) in [7, 11) is 1.68. The van der Waals surface area contributed by atoms with Crippen molar-refractivity contribution < 1.29 is 4.92 Å². The van der Waals surface area contributed by atoms with Gasteiger partial charge in [0.2, 0.25) is 0 Å². The highest BCUT2D eigenvalue weighted by molar-refractivity contribution is 5.64. The highest BCUT2D eigenvalue weighted by Crippen LogP contribution is 2.24. The minimum atomic E-state index is -0.386. The number of hydrogen-bond acceptors (Lipinski definition) is 4. The average molecular weight is 363 g/mol. The number of nitro groups is 1. The van der Waals surface area contributed by atoms with E-state index in [-0.39, 0.29) is 10.6 Å². The molecule has 0 aromatic heterocycles. The van der Waals surface area contributed by atoms with Crippen molar-refractivity contribution in [2.45, 2.75) is 19.3 Å². The van der Waals surface area contributed by atoms with Crippen molar-refractivity contribution in [1.82, 2.24) is 4.90 Å². The second-order valence-corrected chi connectivity index (χ2v) is 6.95. The molecule has 2 aromatic carbocycles. The van der Waals surface area contributed by atoms with E-state index in [0.29, 0.717) is 5.69 Å². The third-order valence-corrected chi connectivity index (χ3v) is 5.07. The smallest absolute Gasteiger partial charge is 0.292 e. The predicted molar refractivity (Wildman–Crippen MR) is 109 cm³/mol. The summed E-state index contributed by atoms with van der Waals surface area (Å²) in [6.07, 6.45) is 3.58. The van der Waals surface area contributed by atoms with Gasteiger partial charge in [-0.3, -0.25) is 15.0 Å². The van der Waals surface area contributed by atoms with Gasteiger partial charge in [0.15, 0.2) is 0 Å². The highest BCUT2D eigenvalue weighted by Gasteiger charge is 2.18. The number of piperidine rings is 1. The lowest BCUT2D eigenvalue weighted by atomic mass is 9.90. The molecule has 0 atom stereocenters. The molecule has 2 aromatic rings. The number of nitro benzene ring substituents is 1. The molecule has 27 heavy (non-hydrogen) atoms. The third kappa shape index (κ3) is 5.32. The van der Waals surface area contributed by atoms with Crippen LogP contribution >= 0.6 is 0 Å². The maximum absolute atomic E-state index is 11.0. The normalized spacial score (nSPS) is 15.0. The van der Waals surface area contributed by atoms with Gasteiger partial charge in [0.1, 0.15) is 5.69 Å². The lowest BCUT2D eigenvalue weighted by Crippen LogP contribution is -2.34. The zero-order chi connectivity index (χ0) is 19.1. The van der Waals surface area contributed by atoms with E-state index in [9.17, 15) is 10.1 Å². The first-order valence-electron chi connectivity index (χ1n) is 9.37. The minimum absolute atomic E-state index is 0.0727. The number of anilines is 1. The first-order valence-corrected chi connectivity index (χ1v) is 9.37. The summed E-state index contributed by atoms with van der Waals surface area (Å²) < 4.78 is 0. The monoisotopic (exact) mass is 363 g/mol. The maximum atomic E-state index is 11.0. The second-order valence-electron chi connectivity index (χ2n) is 6.95. The minimum Gasteiger partial charge on any atom is -0.383 e. The molecule has 0 aliphatic carbocycles. The summed E-state index contributed by atoms with van der Waals surface area (Å²) in [6, 6.07) is 15.6. The zero-order valence-electron chi connectivity index (χ0n) is 15.6. The zero-order valence-corrected chi connectivity index (χ0v) is 15.6. The fraction of sp³-hybridized carbons (Fsp3) is 0.364. The summed E-state index contributed by atoms with van der Waals surface area (Å²) in [4.78, 5) is 13.0. The molecule has 1 saturated heterocycles. The Bertz CT molecular complexity index is 832. The molecule has 140 valence electrons. The van der Waals surface area contributed by atoms with Gasteiger partial charge in [-0.05, 0) is 56.0 Å². The fourth-order valence-corrected chi connectivity index (χ4v) is 3.52. The largest absolute Gasteiger partial charge is 0.383 e. The number of benzene rings is 2. The van der Waals surface area contributed by atoms with Crippen LogP contribution in [0.4, 0.5) is 11.4 Å². The van der Waals surface area contributed by atoms with Gasteiger partial charge in [0.25, 0.3) is 5.69 Å². The highest BCUT2D eigenvalue weighted by atomic mass is 16.6. The molecule has 0 radical (unpaired) electrons. The molecule has 1 aliphatic rings. The lowest BCUT2D eigenvalue weighted by molar-refractivity contribution is -0.383. The van der Waals surface area contributed by atoms with E-state index in [0.717, 1.165) is 37.5 Å². The van der Waals surface area contributed by atoms with Gasteiger partial charge in [-0.2, -0.15) is 0 Å². The van der Waals surface area contributed by atoms with Crippen LogP contribution in [0.5, 0.6) is 0 Å². The Morgan fingerprint density at radius 2 is 1.93 bits per heavy atom. The van der Waals surface area contributed by atoms with Gasteiger partial charge in [-0.25, -0.2) is 0 Å². The van der Waals surface area contributed by atoms with Gasteiger partial charge < -0.3 is 5.32 Å².